The van der Waals surface area contributed by atoms with Gasteiger partial charge in [0, 0.05) is 10.0 Å². The number of aliphatic hydroxyl groups is 1. The molecule has 1 N–H and O–H groups in total. The van der Waals surface area contributed by atoms with Crippen molar-refractivity contribution in [3.05, 3.63) is 33.5 Å². The molecule has 0 amide bonds. The molecule has 90 valence electrons. The predicted molar refractivity (Wildman–Crippen MR) is 68.2 cm³/mol. The second kappa shape index (κ2) is 4.44. The molecular formula is C11H10BrFN2OS. The molecule has 1 heterocycles. The average molecular weight is 317 g/mol. The highest BCUT2D eigenvalue weighted by molar-refractivity contribution is 9.10. The van der Waals surface area contributed by atoms with Gasteiger partial charge < -0.3 is 5.11 Å². The number of rotatable bonds is 2. The molecule has 1 aromatic heterocycles. The zero-order valence-electron chi connectivity index (χ0n) is 9.24. The third-order valence-corrected chi connectivity index (χ3v) is 3.87. The van der Waals surface area contributed by atoms with Crippen molar-refractivity contribution < 1.29 is 9.50 Å². The van der Waals surface area contributed by atoms with E-state index in [-0.39, 0.29) is 5.82 Å². The first kappa shape index (κ1) is 12.6. The van der Waals surface area contributed by atoms with Crippen LogP contribution in [0.3, 0.4) is 0 Å². The molecule has 0 aliphatic rings. The van der Waals surface area contributed by atoms with Crippen molar-refractivity contribution in [3.8, 4) is 10.6 Å². The van der Waals surface area contributed by atoms with Crippen molar-refractivity contribution >= 4 is 27.3 Å². The summed E-state index contributed by atoms with van der Waals surface area (Å²) in [5, 5.41) is 18.5. The molecule has 3 nitrogen and oxygen atoms in total. The van der Waals surface area contributed by atoms with Crippen LogP contribution in [0.1, 0.15) is 18.9 Å². The maximum absolute atomic E-state index is 13.7. The molecule has 0 saturated carbocycles. The molecule has 0 radical (unpaired) electrons. The number of hydrogen-bond acceptors (Lipinski definition) is 4. The van der Waals surface area contributed by atoms with Gasteiger partial charge in [0.1, 0.15) is 16.4 Å². The Kier molecular flexibility index (Phi) is 3.29. The number of benzene rings is 1. The molecular weight excluding hydrogens is 307 g/mol. The Morgan fingerprint density at radius 3 is 2.59 bits per heavy atom. The lowest BCUT2D eigenvalue weighted by molar-refractivity contribution is 0.0775. The van der Waals surface area contributed by atoms with Gasteiger partial charge in [-0.2, -0.15) is 0 Å². The van der Waals surface area contributed by atoms with E-state index in [9.17, 15) is 9.50 Å². The summed E-state index contributed by atoms with van der Waals surface area (Å²) >= 11 is 4.38. The Morgan fingerprint density at radius 1 is 1.35 bits per heavy atom. The smallest absolute Gasteiger partial charge is 0.150 e. The van der Waals surface area contributed by atoms with Crippen LogP contribution in [-0.2, 0) is 5.60 Å². The molecule has 2 aromatic rings. The van der Waals surface area contributed by atoms with Crippen molar-refractivity contribution in [2.45, 2.75) is 19.4 Å². The minimum absolute atomic E-state index is 0.363. The number of halogens is 2. The quantitative estimate of drug-likeness (QED) is 0.924. The third-order valence-electron chi connectivity index (χ3n) is 2.11. The zero-order chi connectivity index (χ0) is 12.6. The van der Waals surface area contributed by atoms with Crippen molar-refractivity contribution in [3.63, 3.8) is 0 Å². The van der Waals surface area contributed by atoms with Crippen LogP contribution < -0.4 is 0 Å². The molecule has 2 rings (SSSR count). The van der Waals surface area contributed by atoms with E-state index in [1.807, 2.05) is 0 Å². The monoisotopic (exact) mass is 316 g/mol. The van der Waals surface area contributed by atoms with Gasteiger partial charge in [-0.1, -0.05) is 27.3 Å². The van der Waals surface area contributed by atoms with E-state index in [1.165, 1.54) is 17.4 Å². The summed E-state index contributed by atoms with van der Waals surface area (Å²) in [6, 6.07) is 4.75. The highest BCUT2D eigenvalue weighted by Crippen LogP contribution is 2.31. The summed E-state index contributed by atoms with van der Waals surface area (Å²) < 4.78 is 14.4. The Bertz CT molecular complexity index is 551. The molecule has 0 bridgehead atoms. The predicted octanol–water partition coefficient (Wildman–Crippen LogP) is 3.33. The highest BCUT2D eigenvalue weighted by atomic mass is 79.9. The van der Waals surface area contributed by atoms with Crippen molar-refractivity contribution in [2.24, 2.45) is 0 Å². The van der Waals surface area contributed by atoms with E-state index in [2.05, 4.69) is 26.1 Å². The molecule has 0 spiro atoms. The summed E-state index contributed by atoms with van der Waals surface area (Å²) in [6.07, 6.45) is 0. The van der Waals surface area contributed by atoms with Crippen LogP contribution in [0.5, 0.6) is 0 Å². The molecule has 0 aliphatic heterocycles. The lowest BCUT2D eigenvalue weighted by atomic mass is 10.2. The van der Waals surface area contributed by atoms with Gasteiger partial charge in [0.2, 0.25) is 0 Å². The largest absolute Gasteiger partial charge is 0.383 e. The lowest BCUT2D eigenvalue weighted by Gasteiger charge is -2.11. The van der Waals surface area contributed by atoms with Gasteiger partial charge in [-0.25, -0.2) is 4.39 Å². The molecule has 0 aliphatic carbocycles. The Labute approximate surface area is 110 Å². The van der Waals surface area contributed by atoms with E-state index < -0.39 is 5.60 Å². The second-order valence-corrected chi connectivity index (χ2v) is 5.99. The van der Waals surface area contributed by atoms with Crippen LogP contribution in [0.25, 0.3) is 10.6 Å². The fourth-order valence-electron chi connectivity index (χ4n) is 1.24. The van der Waals surface area contributed by atoms with Gasteiger partial charge >= 0.3 is 0 Å². The van der Waals surface area contributed by atoms with E-state index in [0.717, 1.165) is 0 Å². The molecule has 17 heavy (non-hydrogen) atoms. The molecule has 1 aromatic carbocycles. The van der Waals surface area contributed by atoms with E-state index in [1.54, 1.807) is 26.0 Å². The number of nitrogens with zero attached hydrogens (tertiary/aromatic N) is 2. The fraction of sp³-hybridized carbons (Fsp3) is 0.273. The maximum Gasteiger partial charge on any atom is 0.150 e. The average Bonchev–Trinajstić information content (AvgIpc) is 2.65. The maximum atomic E-state index is 13.7. The van der Waals surface area contributed by atoms with Crippen LogP contribution in [0.2, 0.25) is 0 Å². The minimum Gasteiger partial charge on any atom is -0.383 e. The summed E-state index contributed by atoms with van der Waals surface area (Å²) in [4.78, 5) is 0. The standard InChI is InChI=1S/C11H10BrFN2OS/c1-11(2,16)10-15-14-9(17-10)7-4-3-6(12)5-8(7)13/h3-5,16H,1-2H3. The molecule has 0 atom stereocenters. The van der Waals surface area contributed by atoms with Crippen LogP contribution in [0.15, 0.2) is 22.7 Å². The Hall–Kier alpha value is -0.850. The van der Waals surface area contributed by atoms with Crippen molar-refractivity contribution in [2.75, 3.05) is 0 Å². The van der Waals surface area contributed by atoms with Crippen molar-refractivity contribution in [1.29, 1.82) is 0 Å². The normalized spacial score (nSPS) is 11.8. The van der Waals surface area contributed by atoms with Crippen LogP contribution in [0, 0.1) is 5.82 Å². The first-order valence-corrected chi connectivity index (χ1v) is 6.50. The van der Waals surface area contributed by atoms with Gasteiger partial charge in [-0.15, -0.1) is 10.2 Å². The Morgan fingerprint density at radius 2 is 2.06 bits per heavy atom. The zero-order valence-corrected chi connectivity index (χ0v) is 11.6. The first-order chi connectivity index (χ1) is 7.88. The summed E-state index contributed by atoms with van der Waals surface area (Å²) in [6.45, 7) is 3.24. The van der Waals surface area contributed by atoms with E-state index in [0.29, 0.717) is 20.1 Å². The minimum atomic E-state index is -1.05. The fourth-order valence-corrected chi connectivity index (χ4v) is 2.45. The summed E-state index contributed by atoms with van der Waals surface area (Å²) in [7, 11) is 0. The number of hydrogen-bond donors (Lipinski definition) is 1. The number of aromatic nitrogens is 2. The molecule has 6 heteroatoms. The Balaban J connectivity index is 2.44. The van der Waals surface area contributed by atoms with Crippen LogP contribution >= 0.6 is 27.3 Å². The second-order valence-electron chi connectivity index (χ2n) is 4.10. The van der Waals surface area contributed by atoms with E-state index >= 15 is 0 Å². The van der Waals surface area contributed by atoms with Gasteiger partial charge in [-0.05, 0) is 32.0 Å². The molecule has 0 saturated heterocycles. The van der Waals surface area contributed by atoms with Gasteiger partial charge in [-0.3, -0.25) is 0 Å². The van der Waals surface area contributed by atoms with E-state index in [4.69, 9.17) is 0 Å². The molecule has 0 unspecified atom stereocenters. The SMILES string of the molecule is CC(C)(O)c1nnc(-c2ccc(Br)cc2F)s1. The lowest BCUT2D eigenvalue weighted by Crippen LogP contribution is -2.14. The summed E-state index contributed by atoms with van der Waals surface area (Å²) in [5.41, 5.74) is -0.664. The third kappa shape index (κ3) is 2.70. The van der Waals surface area contributed by atoms with Gasteiger partial charge in [0.25, 0.3) is 0 Å². The van der Waals surface area contributed by atoms with Crippen LogP contribution in [0.4, 0.5) is 4.39 Å². The molecule has 0 fully saturated rings. The van der Waals surface area contributed by atoms with Crippen molar-refractivity contribution in [1.82, 2.24) is 10.2 Å². The first-order valence-electron chi connectivity index (χ1n) is 4.90. The topological polar surface area (TPSA) is 46.0 Å². The highest BCUT2D eigenvalue weighted by Gasteiger charge is 2.22. The van der Waals surface area contributed by atoms with Gasteiger partial charge in [0.05, 0.1) is 0 Å². The van der Waals surface area contributed by atoms with Crippen LogP contribution in [-0.4, -0.2) is 15.3 Å². The summed E-state index contributed by atoms with van der Waals surface area (Å²) in [5.74, 6) is -0.363. The van der Waals surface area contributed by atoms with Gasteiger partial charge in [0.15, 0.2) is 5.01 Å².